The van der Waals surface area contributed by atoms with Crippen molar-refractivity contribution in [2.24, 2.45) is 0 Å². The van der Waals surface area contributed by atoms with E-state index < -0.39 is 16.1 Å². The standard InChI is InChI=1S/C18H22N2O3S2/c1-14-6-8-16(9-7-14)25(22,23)20-12-2-5-17(20)18(21)19-11-10-15-4-3-13-24-15/h3-4,6-9,13,17H,2,5,10-12H2,1H3,(H,19,21)/t17-/m1/s1. The Labute approximate surface area is 152 Å². The van der Waals surface area contributed by atoms with E-state index in [9.17, 15) is 13.2 Å². The van der Waals surface area contributed by atoms with Crippen molar-refractivity contribution >= 4 is 27.3 Å². The second kappa shape index (κ2) is 7.68. The lowest BCUT2D eigenvalue weighted by Gasteiger charge is -2.23. The largest absolute Gasteiger partial charge is 0.354 e. The first-order chi connectivity index (χ1) is 12.0. The highest BCUT2D eigenvalue weighted by atomic mass is 32.2. The van der Waals surface area contributed by atoms with Crippen LogP contribution in [0.3, 0.4) is 0 Å². The Kier molecular flexibility index (Phi) is 5.56. The van der Waals surface area contributed by atoms with Crippen LogP contribution in [0.4, 0.5) is 0 Å². The number of carbonyl (C=O) groups is 1. The van der Waals surface area contributed by atoms with Crippen LogP contribution in [-0.4, -0.2) is 37.8 Å². The molecule has 0 saturated carbocycles. The Morgan fingerprint density at radius 3 is 2.72 bits per heavy atom. The first-order valence-electron chi connectivity index (χ1n) is 8.37. The van der Waals surface area contributed by atoms with Crippen molar-refractivity contribution in [3.63, 3.8) is 0 Å². The number of rotatable bonds is 6. The van der Waals surface area contributed by atoms with Gasteiger partial charge >= 0.3 is 0 Å². The molecule has 0 unspecified atom stereocenters. The molecule has 1 aromatic carbocycles. The molecule has 0 bridgehead atoms. The summed E-state index contributed by atoms with van der Waals surface area (Å²) in [6.45, 7) is 2.82. The van der Waals surface area contributed by atoms with Gasteiger partial charge in [0.05, 0.1) is 4.90 Å². The van der Waals surface area contributed by atoms with Crippen LogP contribution in [0.25, 0.3) is 0 Å². The Morgan fingerprint density at radius 1 is 1.28 bits per heavy atom. The number of amides is 1. The van der Waals surface area contributed by atoms with Crippen LogP contribution in [0.2, 0.25) is 0 Å². The van der Waals surface area contributed by atoms with Gasteiger partial charge in [-0.3, -0.25) is 4.79 Å². The molecular weight excluding hydrogens is 356 g/mol. The number of sulfonamides is 1. The summed E-state index contributed by atoms with van der Waals surface area (Å²) in [5.74, 6) is -0.204. The molecule has 1 saturated heterocycles. The molecule has 2 aromatic rings. The van der Waals surface area contributed by atoms with E-state index in [2.05, 4.69) is 5.32 Å². The topological polar surface area (TPSA) is 66.5 Å². The molecular formula is C18H22N2O3S2. The van der Waals surface area contributed by atoms with Crippen molar-refractivity contribution in [2.75, 3.05) is 13.1 Å². The highest BCUT2D eigenvalue weighted by molar-refractivity contribution is 7.89. The number of benzene rings is 1. The van der Waals surface area contributed by atoms with Crippen molar-refractivity contribution in [3.8, 4) is 0 Å². The fourth-order valence-corrected chi connectivity index (χ4v) is 5.38. The maximum atomic E-state index is 12.9. The van der Waals surface area contributed by atoms with Crippen LogP contribution in [0, 0.1) is 6.92 Å². The fourth-order valence-electron chi connectivity index (χ4n) is 3.02. The van der Waals surface area contributed by atoms with Crippen LogP contribution in [0.15, 0.2) is 46.7 Å². The molecule has 1 aromatic heterocycles. The van der Waals surface area contributed by atoms with Gasteiger partial charge in [0.15, 0.2) is 0 Å². The molecule has 0 radical (unpaired) electrons. The molecule has 1 atom stereocenters. The van der Waals surface area contributed by atoms with Crippen molar-refractivity contribution < 1.29 is 13.2 Å². The molecule has 3 rings (SSSR count). The molecule has 1 aliphatic rings. The van der Waals surface area contributed by atoms with Crippen molar-refractivity contribution in [1.82, 2.24) is 9.62 Å². The van der Waals surface area contributed by atoms with Crippen LogP contribution in [-0.2, 0) is 21.2 Å². The van der Waals surface area contributed by atoms with Crippen molar-refractivity contribution in [2.45, 2.75) is 37.1 Å². The summed E-state index contributed by atoms with van der Waals surface area (Å²) in [7, 11) is -3.64. The summed E-state index contributed by atoms with van der Waals surface area (Å²) >= 11 is 1.65. The lowest BCUT2D eigenvalue weighted by Crippen LogP contribution is -2.46. The summed E-state index contributed by atoms with van der Waals surface area (Å²) in [6, 6.07) is 10.2. The van der Waals surface area contributed by atoms with Crippen LogP contribution >= 0.6 is 11.3 Å². The number of nitrogens with zero attached hydrogens (tertiary/aromatic N) is 1. The van der Waals surface area contributed by atoms with Gasteiger partial charge in [0, 0.05) is 18.0 Å². The van der Waals surface area contributed by atoms with Gasteiger partial charge in [-0.2, -0.15) is 4.31 Å². The quantitative estimate of drug-likeness (QED) is 0.840. The Morgan fingerprint density at radius 2 is 2.04 bits per heavy atom. The van der Waals surface area contributed by atoms with Gasteiger partial charge in [-0.25, -0.2) is 8.42 Å². The minimum absolute atomic E-state index is 0.204. The lowest BCUT2D eigenvalue weighted by atomic mass is 10.2. The summed E-state index contributed by atoms with van der Waals surface area (Å²) in [6.07, 6.45) is 2.03. The number of aryl methyl sites for hydroxylation is 1. The molecule has 1 amide bonds. The minimum atomic E-state index is -3.64. The second-order valence-corrected chi connectivity index (χ2v) is 9.13. The van der Waals surface area contributed by atoms with Gasteiger partial charge in [-0.05, 0) is 49.8 Å². The number of nitrogens with one attached hydrogen (secondary N) is 1. The zero-order valence-corrected chi connectivity index (χ0v) is 15.8. The second-order valence-electron chi connectivity index (χ2n) is 6.21. The predicted molar refractivity (Wildman–Crippen MR) is 99.1 cm³/mol. The number of carbonyl (C=O) groups excluding carboxylic acids is 1. The van der Waals surface area contributed by atoms with E-state index in [1.807, 2.05) is 24.4 Å². The van der Waals surface area contributed by atoms with E-state index in [0.717, 1.165) is 12.0 Å². The van der Waals surface area contributed by atoms with E-state index >= 15 is 0 Å². The molecule has 1 N–H and O–H groups in total. The summed E-state index contributed by atoms with van der Waals surface area (Å²) in [5, 5.41) is 4.89. The highest BCUT2D eigenvalue weighted by Gasteiger charge is 2.39. The first kappa shape index (κ1) is 18.1. The van der Waals surface area contributed by atoms with E-state index in [-0.39, 0.29) is 10.8 Å². The van der Waals surface area contributed by atoms with E-state index in [1.54, 1.807) is 35.6 Å². The normalized spacial score (nSPS) is 18.4. The zero-order chi connectivity index (χ0) is 17.9. The number of hydrogen-bond acceptors (Lipinski definition) is 4. The minimum Gasteiger partial charge on any atom is -0.354 e. The molecule has 134 valence electrons. The summed E-state index contributed by atoms with van der Waals surface area (Å²) < 4.78 is 27.1. The van der Waals surface area contributed by atoms with Crippen LogP contribution in [0.1, 0.15) is 23.3 Å². The van der Waals surface area contributed by atoms with Crippen molar-refractivity contribution in [3.05, 3.63) is 52.2 Å². The third-order valence-corrected chi connectivity index (χ3v) is 7.24. The van der Waals surface area contributed by atoms with Crippen LogP contribution in [0.5, 0.6) is 0 Å². The maximum absolute atomic E-state index is 12.9. The smallest absolute Gasteiger partial charge is 0.243 e. The van der Waals surface area contributed by atoms with Gasteiger partial charge in [0.25, 0.3) is 0 Å². The molecule has 5 nitrogen and oxygen atoms in total. The monoisotopic (exact) mass is 378 g/mol. The van der Waals surface area contributed by atoms with E-state index in [1.165, 1.54) is 9.18 Å². The Bertz CT molecular complexity index is 815. The SMILES string of the molecule is Cc1ccc(S(=O)(=O)N2CCC[C@@H]2C(=O)NCCc2cccs2)cc1. The van der Waals surface area contributed by atoms with Crippen LogP contribution < -0.4 is 5.32 Å². The number of thiophene rings is 1. The molecule has 1 aliphatic heterocycles. The van der Waals surface area contributed by atoms with Gasteiger partial charge in [0.2, 0.25) is 15.9 Å². The van der Waals surface area contributed by atoms with E-state index in [4.69, 9.17) is 0 Å². The molecule has 7 heteroatoms. The van der Waals surface area contributed by atoms with Gasteiger partial charge in [-0.15, -0.1) is 11.3 Å². The molecule has 0 spiro atoms. The molecule has 25 heavy (non-hydrogen) atoms. The predicted octanol–water partition coefficient (Wildman–Crippen LogP) is 2.57. The average molecular weight is 379 g/mol. The average Bonchev–Trinajstić information content (AvgIpc) is 3.27. The van der Waals surface area contributed by atoms with Gasteiger partial charge in [-0.1, -0.05) is 23.8 Å². The summed E-state index contributed by atoms with van der Waals surface area (Å²) in [5.41, 5.74) is 1.00. The van der Waals surface area contributed by atoms with Crippen molar-refractivity contribution in [1.29, 1.82) is 0 Å². The van der Waals surface area contributed by atoms with Gasteiger partial charge < -0.3 is 5.32 Å². The molecule has 1 fully saturated rings. The molecule has 2 heterocycles. The first-order valence-corrected chi connectivity index (χ1v) is 10.7. The van der Waals surface area contributed by atoms with E-state index in [0.29, 0.717) is 25.9 Å². The molecule has 0 aliphatic carbocycles. The summed E-state index contributed by atoms with van der Waals surface area (Å²) in [4.78, 5) is 14.0. The third-order valence-electron chi connectivity index (χ3n) is 4.38. The highest BCUT2D eigenvalue weighted by Crippen LogP contribution is 2.26. The Hall–Kier alpha value is -1.70. The maximum Gasteiger partial charge on any atom is 0.243 e. The lowest BCUT2D eigenvalue weighted by molar-refractivity contribution is -0.124. The Balaban J connectivity index is 1.66. The number of hydrogen-bond donors (Lipinski definition) is 1. The van der Waals surface area contributed by atoms with Gasteiger partial charge in [0.1, 0.15) is 6.04 Å². The third kappa shape index (κ3) is 4.11. The zero-order valence-electron chi connectivity index (χ0n) is 14.1. The fraction of sp³-hybridized carbons (Fsp3) is 0.389.